The summed E-state index contributed by atoms with van der Waals surface area (Å²) < 4.78 is 21.0. The van der Waals surface area contributed by atoms with Crippen molar-refractivity contribution in [2.45, 2.75) is 117 Å². The molecule has 15 heteroatoms. The van der Waals surface area contributed by atoms with Crippen molar-refractivity contribution in [1.29, 1.82) is 0 Å². The molecule has 0 spiro atoms. The molecule has 2 heterocycles. The molecule has 65 heavy (non-hydrogen) atoms. The van der Waals surface area contributed by atoms with Gasteiger partial charge in [-0.25, -0.2) is 0 Å². The van der Waals surface area contributed by atoms with Gasteiger partial charge in [-0.2, -0.15) is 0 Å². The Balaban J connectivity index is 1.14. The molecule has 2 amide bonds. The van der Waals surface area contributed by atoms with Crippen molar-refractivity contribution in [1.82, 2.24) is 20.6 Å². The zero-order valence-corrected chi connectivity index (χ0v) is 38.3. The Bertz CT molecular complexity index is 2340. The van der Waals surface area contributed by atoms with Crippen LogP contribution in [0.5, 0.6) is 0 Å². The predicted molar refractivity (Wildman–Crippen MR) is 247 cm³/mol. The van der Waals surface area contributed by atoms with Crippen LogP contribution in [0.2, 0.25) is 0 Å². The van der Waals surface area contributed by atoms with E-state index in [4.69, 9.17) is 18.9 Å². The van der Waals surface area contributed by atoms with E-state index in [1.807, 2.05) is 69.3 Å². The van der Waals surface area contributed by atoms with Crippen LogP contribution in [-0.2, 0) is 46.4 Å². The number of nitrogens with zero attached hydrogens (tertiary/aromatic N) is 2. The van der Waals surface area contributed by atoms with E-state index in [0.29, 0.717) is 55.8 Å². The van der Waals surface area contributed by atoms with Crippen molar-refractivity contribution in [2.24, 2.45) is 0 Å². The first-order chi connectivity index (χ1) is 31.5. The molecule has 2 atom stereocenters. The standard InChI is InChI=1S/C50H62N6O9/c1-7-62-22-21-42(49(60)64-9-3)51-26-34-27-52-43(23-38(34)32-17-18-32)47(58)55-40-15-11-13-36(30(40)5)37-14-12-16-41(31(37)6)56-48(59)44-24-39(33-19-20-33)35(28-53-44)29-54-45(50(61)65-10-4)25-46(57)63-8-2/h11-16,23-24,27-28,32-33,42,45,51,54H,7-10,17-22,25-26,29H2,1-6H3,(H,55,58)(H,56,59)/t42-,45-/m1/s1. The lowest BCUT2D eigenvalue weighted by Gasteiger charge is -2.19. The van der Waals surface area contributed by atoms with Gasteiger partial charge in [0, 0.05) is 50.1 Å². The number of ether oxygens (including phenoxy) is 4. The fraction of sp³-hybridized carbons (Fsp3) is 0.460. The molecule has 0 bridgehead atoms. The molecule has 6 rings (SSSR count). The quantitative estimate of drug-likeness (QED) is 0.0308. The maximum atomic E-state index is 13.8. The first-order valence-electron chi connectivity index (χ1n) is 22.8. The summed E-state index contributed by atoms with van der Waals surface area (Å²) >= 11 is 0. The first-order valence-corrected chi connectivity index (χ1v) is 22.8. The van der Waals surface area contributed by atoms with Gasteiger partial charge in [-0.1, -0.05) is 24.3 Å². The lowest BCUT2D eigenvalue weighted by atomic mass is 9.94. The summed E-state index contributed by atoms with van der Waals surface area (Å²) in [5, 5.41) is 12.6. The van der Waals surface area contributed by atoms with E-state index in [-0.39, 0.29) is 55.6 Å². The number of nitrogens with one attached hydrogen (secondary N) is 4. The molecule has 2 aliphatic rings. The van der Waals surface area contributed by atoms with Crippen LogP contribution < -0.4 is 21.3 Å². The molecule has 0 saturated heterocycles. The molecule has 2 aromatic carbocycles. The van der Waals surface area contributed by atoms with Gasteiger partial charge in [0.2, 0.25) is 0 Å². The number of esters is 3. The number of hydrogen-bond donors (Lipinski definition) is 4. The number of aromatic nitrogens is 2. The highest BCUT2D eigenvalue weighted by atomic mass is 16.5. The maximum absolute atomic E-state index is 13.8. The lowest BCUT2D eigenvalue weighted by Crippen LogP contribution is -2.40. The van der Waals surface area contributed by atoms with E-state index >= 15 is 0 Å². The van der Waals surface area contributed by atoms with Gasteiger partial charge >= 0.3 is 17.9 Å². The first kappa shape index (κ1) is 48.4. The van der Waals surface area contributed by atoms with Crippen LogP contribution in [0.3, 0.4) is 0 Å². The number of pyridine rings is 2. The van der Waals surface area contributed by atoms with Gasteiger partial charge in [-0.15, -0.1) is 0 Å². The summed E-state index contributed by atoms with van der Waals surface area (Å²) in [6.45, 7) is 13.3. The predicted octanol–water partition coefficient (Wildman–Crippen LogP) is 7.44. The molecule has 0 aliphatic heterocycles. The van der Waals surface area contributed by atoms with Gasteiger partial charge in [-0.05, 0) is 154 Å². The second kappa shape index (κ2) is 23.2. The van der Waals surface area contributed by atoms with E-state index < -0.39 is 24.0 Å². The molecule has 2 aliphatic carbocycles. The SMILES string of the molecule is CCOCC[C@@H](NCc1cnc(C(=O)Nc2cccc(-c3cccc(NC(=O)c4cc(C5CC5)c(CN[C@H](CC(=O)OCC)C(=O)OCC)cn4)c3C)c2C)cc1C1CC1)C(=O)OCC. The Morgan fingerprint density at radius 2 is 1.09 bits per heavy atom. The van der Waals surface area contributed by atoms with Crippen molar-refractivity contribution < 1.29 is 42.9 Å². The number of hydrogen-bond acceptors (Lipinski definition) is 13. The highest BCUT2D eigenvalue weighted by Gasteiger charge is 2.31. The van der Waals surface area contributed by atoms with Gasteiger partial charge in [0.05, 0.1) is 26.2 Å². The minimum absolute atomic E-state index is 0.165. The van der Waals surface area contributed by atoms with Gasteiger partial charge in [0.1, 0.15) is 23.5 Å². The molecule has 0 radical (unpaired) electrons. The highest BCUT2D eigenvalue weighted by molar-refractivity contribution is 6.05. The van der Waals surface area contributed by atoms with Crippen molar-refractivity contribution in [2.75, 3.05) is 43.7 Å². The van der Waals surface area contributed by atoms with Crippen LogP contribution >= 0.6 is 0 Å². The molecule has 4 N–H and O–H groups in total. The summed E-state index contributed by atoms with van der Waals surface area (Å²) in [7, 11) is 0. The third-order valence-electron chi connectivity index (χ3n) is 11.6. The zero-order valence-electron chi connectivity index (χ0n) is 38.3. The van der Waals surface area contributed by atoms with Gasteiger partial charge < -0.3 is 34.9 Å². The zero-order chi connectivity index (χ0) is 46.5. The number of amides is 2. The molecule has 2 saturated carbocycles. The Morgan fingerprint density at radius 3 is 1.54 bits per heavy atom. The molecule has 15 nitrogen and oxygen atoms in total. The number of carbonyl (C=O) groups is 5. The van der Waals surface area contributed by atoms with Crippen LogP contribution in [-0.4, -0.2) is 84.8 Å². The molecule has 346 valence electrons. The van der Waals surface area contributed by atoms with E-state index in [1.54, 1.807) is 33.2 Å². The minimum atomic E-state index is -0.889. The fourth-order valence-corrected chi connectivity index (χ4v) is 7.82. The third kappa shape index (κ3) is 13.0. The van der Waals surface area contributed by atoms with Gasteiger partial charge in [-0.3, -0.25) is 39.3 Å². The fourth-order valence-electron chi connectivity index (χ4n) is 7.82. The van der Waals surface area contributed by atoms with E-state index in [9.17, 15) is 24.0 Å². The Morgan fingerprint density at radius 1 is 0.631 bits per heavy atom. The van der Waals surface area contributed by atoms with Crippen LogP contribution in [0.4, 0.5) is 11.4 Å². The Kier molecular flexibility index (Phi) is 17.3. The smallest absolute Gasteiger partial charge is 0.323 e. The van der Waals surface area contributed by atoms with Gasteiger partial charge in [0.25, 0.3) is 11.8 Å². The second-order valence-corrected chi connectivity index (χ2v) is 16.3. The van der Waals surface area contributed by atoms with Crippen LogP contribution in [0.25, 0.3) is 11.1 Å². The molecular weight excluding hydrogens is 829 g/mol. The van der Waals surface area contributed by atoms with Gasteiger partial charge in [0.15, 0.2) is 0 Å². The third-order valence-corrected chi connectivity index (χ3v) is 11.6. The lowest BCUT2D eigenvalue weighted by molar-refractivity contribution is -0.152. The summed E-state index contributed by atoms with van der Waals surface area (Å²) in [6.07, 6.45) is 7.67. The average molecular weight is 891 g/mol. The normalized spacial score (nSPS) is 14.2. The van der Waals surface area contributed by atoms with E-state index in [2.05, 4.69) is 31.2 Å². The summed E-state index contributed by atoms with van der Waals surface area (Å²) in [5.74, 6) is -1.46. The number of benzene rings is 2. The summed E-state index contributed by atoms with van der Waals surface area (Å²) in [4.78, 5) is 74.2. The average Bonchev–Trinajstić information content (AvgIpc) is 4.24. The number of carbonyl (C=O) groups excluding carboxylic acids is 5. The van der Waals surface area contributed by atoms with Crippen molar-refractivity contribution in [3.05, 3.63) is 106 Å². The largest absolute Gasteiger partial charge is 0.466 e. The number of rotatable bonds is 24. The molecule has 2 fully saturated rings. The summed E-state index contributed by atoms with van der Waals surface area (Å²) in [5.41, 5.74) is 9.06. The second-order valence-electron chi connectivity index (χ2n) is 16.3. The van der Waals surface area contributed by atoms with E-state index in [1.165, 1.54) is 0 Å². The van der Waals surface area contributed by atoms with E-state index in [0.717, 1.165) is 70.2 Å². The van der Waals surface area contributed by atoms with Crippen LogP contribution in [0, 0.1) is 13.8 Å². The highest BCUT2D eigenvalue weighted by Crippen LogP contribution is 2.43. The molecule has 2 aromatic heterocycles. The minimum Gasteiger partial charge on any atom is -0.466 e. The monoisotopic (exact) mass is 890 g/mol. The van der Waals surface area contributed by atoms with Crippen LogP contribution in [0.15, 0.2) is 60.9 Å². The molecule has 4 aromatic rings. The Hall–Kier alpha value is -6.03. The number of anilines is 2. The topological polar surface area (TPSA) is 196 Å². The van der Waals surface area contributed by atoms with Crippen molar-refractivity contribution in [3.8, 4) is 11.1 Å². The van der Waals surface area contributed by atoms with Crippen LogP contribution in [0.1, 0.15) is 132 Å². The van der Waals surface area contributed by atoms with Crippen molar-refractivity contribution >= 4 is 41.1 Å². The molecule has 0 unspecified atom stereocenters. The maximum Gasteiger partial charge on any atom is 0.323 e. The Labute approximate surface area is 381 Å². The van der Waals surface area contributed by atoms with Crippen molar-refractivity contribution in [3.63, 3.8) is 0 Å². The summed E-state index contributed by atoms with van der Waals surface area (Å²) in [6, 6.07) is 13.7. The molecular formula is C50H62N6O9.